The van der Waals surface area contributed by atoms with Gasteiger partial charge in [0.15, 0.2) is 0 Å². The van der Waals surface area contributed by atoms with Gasteiger partial charge in [0, 0.05) is 9.50 Å². The van der Waals surface area contributed by atoms with Crippen molar-refractivity contribution in [1.29, 1.82) is 0 Å². The minimum atomic E-state index is -0.104. The van der Waals surface area contributed by atoms with Crippen molar-refractivity contribution in [3.63, 3.8) is 0 Å². The Morgan fingerprint density at radius 3 is 2.70 bits per heavy atom. The van der Waals surface area contributed by atoms with Crippen molar-refractivity contribution in [2.45, 2.75) is 25.8 Å². The van der Waals surface area contributed by atoms with Crippen LogP contribution in [0.4, 0.5) is 0 Å². The zero-order valence-corrected chi connectivity index (χ0v) is 13.7. The molecule has 3 N–H and O–H groups in total. The Kier molecular flexibility index (Phi) is 5.61. The Morgan fingerprint density at radius 1 is 1.25 bits per heavy atom. The summed E-state index contributed by atoms with van der Waals surface area (Å²) >= 11 is 9.75. The molecule has 2 nitrogen and oxygen atoms in total. The monoisotopic (exact) mass is 352 g/mol. The van der Waals surface area contributed by atoms with Crippen LogP contribution in [0.1, 0.15) is 36.1 Å². The molecular weight excluding hydrogens is 336 g/mol. The van der Waals surface area contributed by atoms with E-state index in [2.05, 4.69) is 52.5 Å². The third-order valence-corrected chi connectivity index (χ3v) is 4.08. The van der Waals surface area contributed by atoms with Gasteiger partial charge in [-0.05, 0) is 35.2 Å². The topological polar surface area (TPSA) is 38.0 Å². The van der Waals surface area contributed by atoms with E-state index < -0.39 is 0 Å². The highest BCUT2D eigenvalue weighted by molar-refractivity contribution is 9.10. The quantitative estimate of drug-likeness (QED) is 0.608. The summed E-state index contributed by atoms with van der Waals surface area (Å²) in [6.07, 6.45) is 2.20. The minimum absolute atomic E-state index is 0.104. The van der Waals surface area contributed by atoms with Gasteiger partial charge in [0.2, 0.25) is 0 Å². The lowest BCUT2D eigenvalue weighted by molar-refractivity contribution is 0.636. The van der Waals surface area contributed by atoms with E-state index in [1.54, 1.807) is 0 Å². The molecule has 0 aliphatic heterocycles. The Morgan fingerprint density at radius 2 is 2.05 bits per heavy atom. The van der Waals surface area contributed by atoms with Gasteiger partial charge in [0.1, 0.15) is 0 Å². The summed E-state index contributed by atoms with van der Waals surface area (Å²) < 4.78 is 0.960. The standard InChI is InChI=1S/C16H18BrClN2/c1-2-4-11-5-3-6-12(9-11)16(20-19)14-8-7-13(17)10-15(14)18/h3,5-10,16,20H,2,4,19H2,1H3. The fraction of sp³-hybridized carbons (Fsp3) is 0.250. The Bertz CT molecular complexity index is 586. The molecule has 2 aromatic carbocycles. The van der Waals surface area contributed by atoms with Gasteiger partial charge in [-0.3, -0.25) is 5.84 Å². The maximum Gasteiger partial charge on any atom is 0.0724 e. The first-order chi connectivity index (χ1) is 9.65. The average Bonchev–Trinajstić information content (AvgIpc) is 2.43. The summed E-state index contributed by atoms with van der Waals surface area (Å²) in [6, 6.07) is 14.2. The average molecular weight is 354 g/mol. The maximum absolute atomic E-state index is 6.33. The molecule has 106 valence electrons. The summed E-state index contributed by atoms with van der Waals surface area (Å²) in [4.78, 5) is 0. The number of hydrogen-bond donors (Lipinski definition) is 2. The smallest absolute Gasteiger partial charge is 0.0724 e. The van der Waals surface area contributed by atoms with E-state index in [1.165, 1.54) is 5.56 Å². The van der Waals surface area contributed by atoms with Gasteiger partial charge in [0.05, 0.1) is 6.04 Å². The van der Waals surface area contributed by atoms with Crippen LogP contribution in [0, 0.1) is 0 Å². The molecule has 0 aliphatic rings. The summed E-state index contributed by atoms with van der Waals surface area (Å²) in [5.41, 5.74) is 6.29. The first-order valence-corrected chi connectivity index (χ1v) is 7.82. The molecule has 0 spiro atoms. The highest BCUT2D eigenvalue weighted by Crippen LogP contribution is 2.30. The molecule has 0 radical (unpaired) electrons. The van der Waals surface area contributed by atoms with Gasteiger partial charge in [-0.15, -0.1) is 0 Å². The molecule has 20 heavy (non-hydrogen) atoms. The van der Waals surface area contributed by atoms with Crippen LogP contribution < -0.4 is 11.3 Å². The summed E-state index contributed by atoms with van der Waals surface area (Å²) in [7, 11) is 0. The van der Waals surface area contributed by atoms with Crippen molar-refractivity contribution >= 4 is 27.5 Å². The second-order valence-electron chi connectivity index (χ2n) is 4.76. The van der Waals surface area contributed by atoms with E-state index in [0.29, 0.717) is 5.02 Å². The second-order valence-corrected chi connectivity index (χ2v) is 6.08. The fourth-order valence-corrected chi connectivity index (χ4v) is 3.10. The highest BCUT2D eigenvalue weighted by Gasteiger charge is 2.16. The molecule has 2 aromatic rings. The highest BCUT2D eigenvalue weighted by atomic mass is 79.9. The summed E-state index contributed by atoms with van der Waals surface area (Å²) in [5, 5.41) is 0.697. The number of benzene rings is 2. The largest absolute Gasteiger partial charge is 0.271 e. The van der Waals surface area contributed by atoms with E-state index in [4.69, 9.17) is 17.4 Å². The van der Waals surface area contributed by atoms with Gasteiger partial charge in [-0.25, -0.2) is 5.43 Å². The number of hydrogen-bond acceptors (Lipinski definition) is 2. The van der Waals surface area contributed by atoms with E-state index in [-0.39, 0.29) is 6.04 Å². The summed E-state index contributed by atoms with van der Waals surface area (Å²) in [6.45, 7) is 2.18. The Hall–Kier alpha value is -0.870. The normalized spacial score (nSPS) is 12.4. The molecule has 0 aromatic heterocycles. The number of rotatable bonds is 5. The number of nitrogens with two attached hydrogens (primary N) is 1. The molecular formula is C16H18BrClN2. The van der Waals surface area contributed by atoms with Crippen molar-refractivity contribution in [2.75, 3.05) is 0 Å². The third kappa shape index (κ3) is 3.61. The van der Waals surface area contributed by atoms with Crippen LogP contribution in [0.3, 0.4) is 0 Å². The lowest BCUT2D eigenvalue weighted by Gasteiger charge is -2.19. The molecule has 4 heteroatoms. The fourth-order valence-electron chi connectivity index (χ4n) is 2.32. The molecule has 0 saturated carbocycles. The zero-order valence-electron chi connectivity index (χ0n) is 11.4. The zero-order chi connectivity index (χ0) is 14.5. The second kappa shape index (κ2) is 7.23. The predicted octanol–water partition coefficient (Wildman–Crippen LogP) is 4.61. The molecule has 0 amide bonds. The molecule has 0 fully saturated rings. The first-order valence-electron chi connectivity index (χ1n) is 6.65. The first kappa shape index (κ1) is 15.5. The molecule has 0 saturated heterocycles. The Labute approximate surface area is 133 Å². The molecule has 1 atom stereocenters. The Balaban J connectivity index is 2.38. The van der Waals surface area contributed by atoms with E-state index in [1.807, 2.05) is 18.2 Å². The van der Waals surface area contributed by atoms with Gasteiger partial charge < -0.3 is 0 Å². The van der Waals surface area contributed by atoms with Crippen molar-refractivity contribution in [3.8, 4) is 0 Å². The van der Waals surface area contributed by atoms with Crippen LogP contribution >= 0.6 is 27.5 Å². The van der Waals surface area contributed by atoms with Crippen LogP contribution in [-0.4, -0.2) is 0 Å². The van der Waals surface area contributed by atoms with Crippen molar-refractivity contribution < 1.29 is 0 Å². The molecule has 1 unspecified atom stereocenters. The van der Waals surface area contributed by atoms with Crippen molar-refractivity contribution in [3.05, 3.63) is 68.7 Å². The number of nitrogens with one attached hydrogen (secondary N) is 1. The molecule has 0 heterocycles. The van der Waals surface area contributed by atoms with Crippen LogP contribution in [0.5, 0.6) is 0 Å². The number of aryl methyl sites for hydroxylation is 1. The number of hydrazine groups is 1. The van der Waals surface area contributed by atoms with Crippen LogP contribution in [0.15, 0.2) is 46.9 Å². The van der Waals surface area contributed by atoms with E-state index in [0.717, 1.165) is 28.4 Å². The van der Waals surface area contributed by atoms with Crippen LogP contribution in [0.25, 0.3) is 0 Å². The van der Waals surface area contributed by atoms with Crippen molar-refractivity contribution in [1.82, 2.24) is 5.43 Å². The van der Waals surface area contributed by atoms with Crippen molar-refractivity contribution in [2.24, 2.45) is 5.84 Å². The molecule has 0 bridgehead atoms. The van der Waals surface area contributed by atoms with Gasteiger partial charge in [-0.1, -0.05) is 71.2 Å². The van der Waals surface area contributed by atoms with Gasteiger partial charge >= 0.3 is 0 Å². The predicted molar refractivity (Wildman–Crippen MR) is 88.8 cm³/mol. The lowest BCUT2D eigenvalue weighted by atomic mass is 9.96. The third-order valence-electron chi connectivity index (χ3n) is 3.26. The maximum atomic E-state index is 6.33. The van der Waals surface area contributed by atoms with Crippen LogP contribution in [0.2, 0.25) is 5.02 Å². The lowest BCUT2D eigenvalue weighted by Crippen LogP contribution is -2.29. The van der Waals surface area contributed by atoms with Crippen LogP contribution in [-0.2, 0) is 6.42 Å². The van der Waals surface area contributed by atoms with E-state index in [9.17, 15) is 0 Å². The molecule has 2 rings (SSSR count). The SMILES string of the molecule is CCCc1cccc(C(NN)c2ccc(Br)cc2Cl)c1. The van der Waals surface area contributed by atoms with Gasteiger partial charge in [-0.2, -0.15) is 0 Å². The molecule has 0 aliphatic carbocycles. The number of halogens is 2. The van der Waals surface area contributed by atoms with Gasteiger partial charge in [0.25, 0.3) is 0 Å². The van der Waals surface area contributed by atoms with E-state index >= 15 is 0 Å². The summed E-state index contributed by atoms with van der Waals surface area (Å²) in [5.74, 6) is 5.75. The minimum Gasteiger partial charge on any atom is -0.271 e.